The van der Waals surface area contributed by atoms with Gasteiger partial charge < -0.3 is 10.2 Å². The molecule has 3 heteroatoms. The molecule has 0 spiro atoms. The molecule has 1 heterocycles. The Bertz CT molecular complexity index is 234. The standard InChI is InChI=1S/C8H14N2O/c1-8(2,3)7-10-5-6(4-9)11-7/h5H,4,9H2,1-3H3. The molecule has 1 aromatic rings. The van der Waals surface area contributed by atoms with E-state index in [0.717, 1.165) is 11.7 Å². The van der Waals surface area contributed by atoms with Gasteiger partial charge >= 0.3 is 0 Å². The first-order chi connectivity index (χ1) is 5.04. The minimum Gasteiger partial charge on any atom is -0.444 e. The van der Waals surface area contributed by atoms with Gasteiger partial charge in [0, 0.05) is 5.41 Å². The molecule has 11 heavy (non-hydrogen) atoms. The third-order valence-electron chi connectivity index (χ3n) is 1.40. The molecule has 0 radical (unpaired) electrons. The average Bonchev–Trinajstić information content (AvgIpc) is 2.32. The summed E-state index contributed by atoms with van der Waals surface area (Å²) in [5.41, 5.74) is 5.35. The van der Waals surface area contributed by atoms with Crippen molar-refractivity contribution in [2.45, 2.75) is 32.7 Å². The van der Waals surface area contributed by atoms with E-state index in [-0.39, 0.29) is 5.41 Å². The molecule has 2 N–H and O–H groups in total. The van der Waals surface area contributed by atoms with Gasteiger partial charge in [0.25, 0.3) is 0 Å². The van der Waals surface area contributed by atoms with Gasteiger partial charge in [-0.3, -0.25) is 0 Å². The molecular formula is C8H14N2O. The SMILES string of the molecule is CC(C)(C)c1ncc(CN)o1. The van der Waals surface area contributed by atoms with Gasteiger partial charge in [0.05, 0.1) is 12.7 Å². The van der Waals surface area contributed by atoms with Gasteiger partial charge in [-0.25, -0.2) is 4.98 Å². The van der Waals surface area contributed by atoms with E-state index in [1.807, 2.05) is 0 Å². The van der Waals surface area contributed by atoms with Crippen LogP contribution in [0.4, 0.5) is 0 Å². The Morgan fingerprint density at radius 1 is 1.55 bits per heavy atom. The van der Waals surface area contributed by atoms with Crippen LogP contribution in [0, 0.1) is 0 Å². The van der Waals surface area contributed by atoms with Crippen LogP contribution in [0.1, 0.15) is 32.4 Å². The first kappa shape index (κ1) is 8.27. The number of rotatable bonds is 1. The van der Waals surface area contributed by atoms with Crippen molar-refractivity contribution >= 4 is 0 Å². The number of oxazole rings is 1. The van der Waals surface area contributed by atoms with Crippen molar-refractivity contribution in [2.24, 2.45) is 5.73 Å². The zero-order chi connectivity index (χ0) is 8.48. The number of nitrogens with zero attached hydrogens (tertiary/aromatic N) is 1. The Morgan fingerprint density at radius 2 is 2.18 bits per heavy atom. The van der Waals surface area contributed by atoms with Crippen LogP contribution < -0.4 is 5.73 Å². The Balaban J connectivity index is 2.89. The van der Waals surface area contributed by atoms with Crippen LogP contribution in [0.5, 0.6) is 0 Å². The molecule has 0 saturated heterocycles. The maximum absolute atomic E-state index is 5.37. The molecule has 0 atom stereocenters. The fourth-order valence-electron chi connectivity index (χ4n) is 0.749. The number of hydrogen-bond acceptors (Lipinski definition) is 3. The lowest BCUT2D eigenvalue weighted by molar-refractivity contribution is 0.373. The highest BCUT2D eigenvalue weighted by molar-refractivity contribution is 5.01. The van der Waals surface area contributed by atoms with Crippen molar-refractivity contribution < 1.29 is 4.42 Å². The highest BCUT2D eigenvalue weighted by Gasteiger charge is 2.19. The molecular weight excluding hydrogens is 140 g/mol. The predicted molar refractivity (Wildman–Crippen MR) is 43.1 cm³/mol. The minimum atomic E-state index is -0.0204. The summed E-state index contributed by atoms with van der Waals surface area (Å²) in [7, 11) is 0. The van der Waals surface area contributed by atoms with Gasteiger partial charge in [-0.15, -0.1) is 0 Å². The lowest BCUT2D eigenvalue weighted by Crippen LogP contribution is -2.11. The summed E-state index contributed by atoms with van der Waals surface area (Å²) in [6.45, 7) is 6.58. The smallest absolute Gasteiger partial charge is 0.199 e. The van der Waals surface area contributed by atoms with Crippen molar-refractivity contribution in [3.05, 3.63) is 17.8 Å². The summed E-state index contributed by atoms with van der Waals surface area (Å²) in [5, 5.41) is 0. The third-order valence-corrected chi connectivity index (χ3v) is 1.40. The number of nitrogens with two attached hydrogens (primary N) is 1. The average molecular weight is 154 g/mol. The van der Waals surface area contributed by atoms with Crippen LogP contribution in [0.15, 0.2) is 10.6 Å². The lowest BCUT2D eigenvalue weighted by Gasteiger charge is -2.11. The van der Waals surface area contributed by atoms with E-state index in [1.54, 1.807) is 6.20 Å². The Labute approximate surface area is 66.6 Å². The predicted octanol–water partition coefficient (Wildman–Crippen LogP) is 1.43. The van der Waals surface area contributed by atoms with Gasteiger partial charge in [0.2, 0.25) is 0 Å². The first-order valence-electron chi connectivity index (χ1n) is 3.69. The molecule has 0 saturated carbocycles. The fourth-order valence-corrected chi connectivity index (χ4v) is 0.749. The van der Waals surface area contributed by atoms with E-state index in [9.17, 15) is 0 Å². The second-order valence-electron chi connectivity index (χ2n) is 3.59. The van der Waals surface area contributed by atoms with Crippen molar-refractivity contribution in [2.75, 3.05) is 0 Å². The summed E-state index contributed by atoms with van der Waals surface area (Å²) in [6.07, 6.45) is 1.68. The molecule has 3 nitrogen and oxygen atoms in total. The maximum atomic E-state index is 5.37. The van der Waals surface area contributed by atoms with E-state index in [1.165, 1.54) is 0 Å². The van der Waals surface area contributed by atoms with E-state index in [4.69, 9.17) is 10.2 Å². The molecule has 0 aromatic carbocycles. The summed E-state index contributed by atoms with van der Waals surface area (Å²) >= 11 is 0. The Hall–Kier alpha value is -0.830. The minimum absolute atomic E-state index is 0.0204. The first-order valence-corrected chi connectivity index (χ1v) is 3.69. The highest BCUT2D eigenvalue weighted by Crippen LogP contribution is 2.20. The van der Waals surface area contributed by atoms with Gasteiger partial charge in [0.1, 0.15) is 5.76 Å². The highest BCUT2D eigenvalue weighted by atomic mass is 16.4. The number of hydrogen-bond donors (Lipinski definition) is 1. The van der Waals surface area contributed by atoms with Crippen LogP contribution in [-0.4, -0.2) is 4.98 Å². The summed E-state index contributed by atoms with van der Waals surface area (Å²) in [4.78, 5) is 4.11. The van der Waals surface area contributed by atoms with E-state index in [2.05, 4.69) is 25.8 Å². The maximum Gasteiger partial charge on any atom is 0.199 e. The summed E-state index contributed by atoms with van der Waals surface area (Å²) in [5.74, 6) is 1.49. The van der Waals surface area contributed by atoms with Gasteiger partial charge in [-0.1, -0.05) is 20.8 Å². The second kappa shape index (κ2) is 2.66. The van der Waals surface area contributed by atoms with Crippen LogP contribution >= 0.6 is 0 Å². The van der Waals surface area contributed by atoms with Crippen molar-refractivity contribution in [1.29, 1.82) is 0 Å². The monoisotopic (exact) mass is 154 g/mol. The van der Waals surface area contributed by atoms with Crippen molar-refractivity contribution in [3.63, 3.8) is 0 Å². The molecule has 1 rings (SSSR count). The van der Waals surface area contributed by atoms with Crippen LogP contribution in [0.25, 0.3) is 0 Å². The molecule has 62 valence electrons. The third kappa shape index (κ3) is 1.80. The van der Waals surface area contributed by atoms with E-state index >= 15 is 0 Å². The molecule has 1 aromatic heterocycles. The molecule has 0 aliphatic heterocycles. The van der Waals surface area contributed by atoms with Crippen molar-refractivity contribution in [1.82, 2.24) is 4.98 Å². The fraction of sp³-hybridized carbons (Fsp3) is 0.625. The summed E-state index contributed by atoms with van der Waals surface area (Å²) in [6, 6.07) is 0. The Morgan fingerprint density at radius 3 is 2.45 bits per heavy atom. The summed E-state index contributed by atoms with van der Waals surface area (Å²) < 4.78 is 5.36. The second-order valence-corrected chi connectivity index (χ2v) is 3.59. The topological polar surface area (TPSA) is 52.0 Å². The molecule has 0 fully saturated rings. The van der Waals surface area contributed by atoms with Crippen LogP contribution in [0.2, 0.25) is 0 Å². The largest absolute Gasteiger partial charge is 0.444 e. The van der Waals surface area contributed by atoms with Gasteiger partial charge in [-0.05, 0) is 0 Å². The molecule has 0 amide bonds. The molecule has 0 aliphatic carbocycles. The van der Waals surface area contributed by atoms with Crippen LogP contribution in [-0.2, 0) is 12.0 Å². The normalized spacial score (nSPS) is 12.0. The van der Waals surface area contributed by atoms with Crippen molar-refractivity contribution in [3.8, 4) is 0 Å². The zero-order valence-electron chi connectivity index (χ0n) is 7.22. The van der Waals surface area contributed by atoms with E-state index < -0.39 is 0 Å². The molecule has 0 bridgehead atoms. The zero-order valence-corrected chi connectivity index (χ0v) is 7.22. The van der Waals surface area contributed by atoms with Gasteiger partial charge in [-0.2, -0.15) is 0 Å². The lowest BCUT2D eigenvalue weighted by atomic mass is 9.97. The molecule has 0 unspecified atom stereocenters. The van der Waals surface area contributed by atoms with Gasteiger partial charge in [0.15, 0.2) is 5.89 Å². The molecule has 0 aliphatic rings. The van der Waals surface area contributed by atoms with Crippen LogP contribution in [0.3, 0.4) is 0 Å². The number of aromatic nitrogens is 1. The Kier molecular flexibility index (Phi) is 2.00. The quantitative estimate of drug-likeness (QED) is 0.665. The van der Waals surface area contributed by atoms with E-state index in [0.29, 0.717) is 6.54 Å².